The van der Waals surface area contributed by atoms with E-state index in [1.807, 2.05) is 0 Å². The van der Waals surface area contributed by atoms with Crippen molar-refractivity contribution in [3.8, 4) is 0 Å². The molecule has 14 heteroatoms. The Kier molecular flexibility index (Phi) is 14.1. The third kappa shape index (κ3) is 9.26. The predicted molar refractivity (Wildman–Crippen MR) is 300 cm³/mol. The van der Waals surface area contributed by atoms with E-state index in [1.54, 1.807) is 28.2 Å². The second-order valence-corrected chi connectivity index (χ2v) is 24.7. The van der Waals surface area contributed by atoms with E-state index in [2.05, 4.69) is 133 Å². The van der Waals surface area contributed by atoms with Crippen LogP contribution in [0, 0.1) is 47.3 Å². The molecular weight excluding hydrogens is 949 g/mol. The summed E-state index contributed by atoms with van der Waals surface area (Å²) in [5.41, 5.74) is 11.2. The van der Waals surface area contributed by atoms with Gasteiger partial charge in [0, 0.05) is 40.3 Å². The average molecular weight is 1030 g/mol. The zero-order chi connectivity index (χ0) is 53.4. The van der Waals surface area contributed by atoms with Gasteiger partial charge in [0.1, 0.15) is 23.7 Å². The maximum atomic E-state index is 14.5. The van der Waals surface area contributed by atoms with Gasteiger partial charge in [-0.15, -0.1) is 0 Å². The van der Waals surface area contributed by atoms with Crippen LogP contribution in [0.25, 0.3) is 33.2 Å². The monoisotopic (exact) mass is 1030 g/mol. The molecule has 4 saturated heterocycles. The Balaban J connectivity index is 0.844. The molecule has 76 heavy (non-hydrogen) atoms. The zero-order valence-corrected chi connectivity index (χ0v) is 46.7. The fraction of sp³-hybridized carbons (Fsp3) is 0.581. The lowest BCUT2D eigenvalue weighted by molar-refractivity contribution is -0.148. The molecule has 7 aliphatic rings. The summed E-state index contributed by atoms with van der Waals surface area (Å²) in [6.07, 6.45) is 21.8. The van der Waals surface area contributed by atoms with Crippen LogP contribution in [0.3, 0.4) is 0 Å². The lowest BCUT2D eigenvalue weighted by Crippen LogP contribution is -2.64. The van der Waals surface area contributed by atoms with Gasteiger partial charge in [0.05, 0.1) is 34.2 Å². The van der Waals surface area contributed by atoms with Crippen molar-refractivity contribution in [1.29, 1.82) is 0 Å². The van der Waals surface area contributed by atoms with E-state index in [4.69, 9.17) is 9.97 Å². The number of hydrogen-bond acceptors (Lipinski definition) is 6. The van der Waals surface area contributed by atoms with Crippen LogP contribution in [-0.4, -0.2) is 116 Å². The van der Waals surface area contributed by atoms with Crippen molar-refractivity contribution in [3.63, 3.8) is 0 Å². The molecule has 4 unspecified atom stereocenters. The standard InChI is InChI=1S/C62H82N10O4/c1-11-38-21-23-39(35(4)40-24-26-47-49(29-40)65-57(63-47)51-31-42-14-12-16-44-36(5)53(67-61(75)69(7)8)59(73)71(51)55(42)44)22-19-33(2)18-20-34(3)46(28-38)41-25-27-48-50(30-41)66-58(64-48)52-32-43-15-13-17-45-37(6)54(68-62(76)70(9)10)60(74)72(52)56(43)45/h11,19,22,24-30,33-34,36-37,42-45,51-56H,12-18,20-21,23,31-32H2,1-10H3,(H,63,65)(H,64,66)(H,67,75)(H,68,76)/b22-19-,38-11-,39-35-,46-28+/t33-,34-,36?,37?,42+,43+,44?,45?,51+,52+,53+,54+,55-,56-/m1/s1. The predicted octanol–water partition coefficient (Wildman–Crippen LogP) is 11.3. The number of carbonyl (C=O) groups is 4. The van der Waals surface area contributed by atoms with Gasteiger partial charge in [-0.25, -0.2) is 19.6 Å². The van der Waals surface area contributed by atoms with Gasteiger partial charge in [0.15, 0.2) is 0 Å². The molecular formula is C62H82N10O4. The van der Waals surface area contributed by atoms with E-state index in [0.29, 0.717) is 35.5 Å². The van der Waals surface area contributed by atoms with Gasteiger partial charge in [-0.3, -0.25) is 9.59 Å². The molecule has 3 aliphatic carbocycles. The molecule has 6 fully saturated rings. The Morgan fingerprint density at radius 2 is 1.24 bits per heavy atom. The lowest BCUT2D eigenvalue weighted by Gasteiger charge is -2.50. The van der Waals surface area contributed by atoms with Crippen LogP contribution in [0.1, 0.15) is 153 Å². The molecule has 6 heterocycles. The normalized spacial score (nSPS) is 35.0. The van der Waals surface area contributed by atoms with E-state index >= 15 is 0 Å². The summed E-state index contributed by atoms with van der Waals surface area (Å²) in [6.45, 7) is 13.4. The molecule has 4 aliphatic heterocycles. The first-order valence-corrected chi connectivity index (χ1v) is 28.8. The topological polar surface area (TPSA) is 163 Å². The largest absolute Gasteiger partial charge is 0.340 e. The van der Waals surface area contributed by atoms with Crippen molar-refractivity contribution >= 4 is 57.1 Å². The van der Waals surface area contributed by atoms with Crippen molar-refractivity contribution in [2.24, 2.45) is 47.3 Å². The molecule has 404 valence electrons. The highest BCUT2D eigenvalue weighted by atomic mass is 16.2. The summed E-state index contributed by atoms with van der Waals surface area (Å²) in [5.74, 6) is 4.12. The minimum absolute atomic E-state index is 0.0170. The van der Waals surface area contributed by atoms with Gasteiger partial charge >= 0.3 is 12.1 Å². The maximum Gasteiger partial charge on any atom is 0.317 e. The zero-order valence-electron chi connectivity index (χ0n) is 46.7. The molecule has 11 rings (SSSR count). The average Bonchev–Trinajstić information content (AvgIpc) is 4.27. The molecule has 4 N–H and O–H groups in total. The molecule has 2 aromatic carbocycles. The van der Waals surface area contributed by atoms with Crippen LogP contribution in [0.2, 0.25) is 0 Å². The number of amides is 6. The van der Waals surface area contributed by atoms with E-state index < -0.39 is 12.1 Å². The first kappa shape index (κ1) is 51.9. The number of rotatable bonds is 6. The molecule has 6 amide bonds. The van der Waals surface area contributed by atoms with E-state index in [9.17, 15) is 19.2 Å². The second kappa shape index (κ2) is 20.6. The summed E-state index contributed by atoms with van der Waals surface area (Å²) in [7, 11) is 6.89. The number of piperidine rings is 2. The molecule has 0 spiro atoms. The highest BCUT2D eigenvalue weighted by Gasteiger charge is 2.59. The van der Waals surface area contributed by atoms with Crippen molar-refractivity contribution in [1.82, 2.24) is 50.2 Å². The molecule has 4 aromatic rings. The summed E-state index contributed by atoms with van der Waals surface area (Å²) >= 11 is 0. The number of aromatic amines is 2. The Morgan fingerprint density at radius 1 is 0.697 bits per heavy atom. The summed E-state index contributed by atoms with van der Waals surface area (Å²) in [6, 6.07) is 11.7. The number of H-pyrrole nitrogens is 2. The van der Waals surface area contributed by atoms with E-state index in [-0.39, 0.29) is 59.9 Å². The first-order valence-electron chi connectivity index (χ1n) is 28.8. The Morgan fingerprint density at radius 3 is 1.78 bits per heavy atom. The van der Waals surface area contributed by atoms with Crippen molar-refractivity contribution in [2.45, 2.75) is 155 Å². The number of aromatic nitrogens is 4. The number of fused-ring (bicyclic) bond motifs is 2. The van der Waals surface area contributed by atoms with Gasteiger partial charge < -0.3 is 40.2 Å². The van der Waals surface area contributed by atoms with Gasteiger partial charge in [0.25, 0.3) is 0 Å². The molecule has 14 atom stereocenters. The Bertz CT molecular complexity index is 3050. The van der Waals surface area contributed by atoms with Crippen LogP contribution in [0.5, 0.6) is 0 Å². The van der Waals surface area contributed by atoms with Gasteiger partial charge in [-0.05, 0) is 178 Å². The summed E-state index contributed by atoms with van der Waals surface area (Å²) < 4.78 is 0. The van der Waals surface area contributed by atoms with E-state index in [1.165, 1.54) is 37.7 Å². The molecule has 2 saturated carbocycles. The highest BCUT2D eigenvalue weighted by molar-refractivity contribution is 5.90. The Labute approximate surface area is 449 Å². The molecule has 2 aromatic heterocycles. The summed E-state index contributed by atoms with van der Waals surface area (Å²) in [5, 5.41) is 6.18. The number of allylic oxidation sites excluding steroid dienone is 8. The summed E-state index contributed by atoms with van der Waals surface area (Å²) in [4.78, 5) is 80.0. The number of urea groups is 2. The van der Waals surface area contributed by atoms with Crippen LogP contribution in [0.4, 0.5) is 9.59 Å². The van der Waals surface area contributed by atoms with Crippen LogP contribution in [0.15, 0.2) is 71.8 Å². The Hall–Kier alpha value is -6.18. The number of imidazole rings is 2. The molecule has 0 bridgehead atoms. The molecule has 0 radical (unpaired) electrons. The van der Waals surface area contributed by atoms with Crippen LogP contribution >= 0.6 is 0 Å². The van der Waals surface area contributed by atoms with Crippen LogP contribution < -0.4 is 10.6 Å². The van der Waals surface area contributed by atoms with Gasteiger partial charge in [0.2, 0.25) is 11.8 Å². The van der Waals surface area contributed by atoms with E-state index in [0.717, 1.165) is 116 Å². The fourth-order valence-electron chi connectivity index (χ4n) is 15.3. The number of benzene rings is 2. The third-order valence-electron chi connectivity index (χ3n) is 19.7. The van der Waals surface area contributed by atoms with Crippen molar-refractivity contribution in [3.05, 3.63) is 94.6 Å². The molecule has 14 nitrogen and oxygen atoms in total. The minimum Gasteiger partial charge on any atom is -0.340 e. The van der Waals surface area contributed by atoms with Crippen molar-refractivity contribution < 1.29 is 19.2 Å². The second-order valence-electron chi connectivity index (χ2n) is 24.7. The number of carbonyl (C=O) groups excluding carboxylic acids is 4. The first-order chi connectivity index (χ1) is 36.5. The number of nitrogens with one attached hydrogen (secondary N) is 4. The maximum absolute atomic E-state index is 14.5. The number of hydrogen-bond donors (Lipinski definition) is 4. The fourth-order valence-corrected chi connectivity index (χ4v) is 15.3. The quantitative estimate of drug-likeness (QED) is 0.150. The SMILES string of the molecule is C/C=C1\C=C(\c2ccc3[nH]c([C@@H]4C[C@@H]5CCCC6C(C)[C@H](NC(=O)N(C)C)C(=O)N4[C@@H]65)nc3c2)[C@H](C)CC[C@@H](C)/C=C\C(=C(/C)c2ccc3[nH]c([C@@H]4C[C@@H]5CCCC6C(C)[C@H](NC(=O)N(C)C)C(=O)N4[C@@H]65)nc3c2)CC1. The van der Waals surface area contributed by atoms with Crippen molar-refractivity contribution in [2.75, 3.05) is 28.2 Å². The highest BCUT2D eigenvalue weighted by Crippen LogP contribution is 2.55. The van der Waals surface area contributed by atoms with Gasteiger partial charge in [-0.1, -0.05) is 82.5 Å². The van der Waals surface area contributed by atoms with Gasteiger partial charge in [-0.2, -0.15) is 0 Å². The smallest absolute Gasteiger partial charge is 0.317 e. The number of nitrogens with zero attached hydrogens (tertiary/aromatic N) is 6. The van der Waals surface area contributed by atoms with Crippen LogP contribution in [-0.2, 0) is 9.59 Å². The lowest BCUT2D eigenvalue weighted by atomic mass is 9.68. The third-order valence-corrected chi connectivity index (χ3v) is 19.7. The minimum atomic E-state index is -0.555.